The molecule has 2 aliphatic carbocycles. The largest absolute Gasteiger partial charge is 0.354 e. The Kier molecular flexibility index (Phi) is 3.53. The fraction of sp³-hybridized carbons (Fsp3) is 0.923. The monoisotopic (exact) mass is 224 g/mol. The number of amides is 1. The van der Waals surface area contributed by atoms with E-state index in [1.165, 1.54) is 19.3 Å². The van der Waals surface area contributed by atoms with Gasteiger partial charge in [0, 0.05) is 18.0 Å². The van der Waals surface area contributed by atoms with Crippen LogP contribution in [-0.2, 0) is 4.79 Å². The van der Waals surface area contributed by atoms with Gasteiger partial charge in [-0.2, -0.15) is 0 Å². The normalized spacial score (nSPS) is 32.9. The van der Waals surface area contributed by atoms with Crippen molar-refractivity contribution < 1.29 is 4.79 Å². The van der Waals surface area contributed by atoms with E-state index < -0.39 is 0 Å². The molecule has 1 amide bonds. The highest BCUT2D eigenvalue weighted by Gasteiger charge is 2.33. The first-order valence-corrected chi connectivity index (χ1v) is 6.66. The maximum Gasteiger partial charge on any atom is 0.223 e. The lowest BCUT2D eigenvalue weighted by Gasteiger charge is -2.38. The summed E-state index contributed by atoms with van der Waals surface area (Å²) in [7, 11) is 0. The molecule has 2 aliphatic rings. The molecule has 0 aromatic carbocycles. The standard InChI is InChI=1S/C13H24N2O/c1-10-3-5-11(6-4-10)12(16)15-9-13(14)7-2-8-13/h10-11H,2-9,14H2,1H3,(H,15,16). The van der Waals surface area contributed by atoms with E-state index in [0.29, 0.717) is 6.54 Å². The van der Waals surface area contributed by atoms with E-state index in [4.69, 9.17) is 5.73 Å². The van der Waals surface area contributed by atoms with Crippen molar-refractivity contribution in [2.75, 3.05) is 6.54 Å². The molecular weight excluding hydrogens is 200 g/mol. The zero-order chi connectivity index (χ0) is 11.6. The predicted molar refractivity (Wildman–Crippen MR) is 64.9 cm³/mol. The summed E-state index contributed by atoms with van der Waals surface area (Å²) in [6.07, 6.45) is 7.87. The lowest BCUT2D eigenvalue weighted by molar-refractivity contribution is -0.126. The van der Waals surface area contributed by atoms with Gasteiger partial charge in [-0.1, -0.05) is 6.92 Å². The van der Waals surface area contributed by atoms with Gasteiger partial charge < -0.3 is 11.1 Å². The van der Waals surface area contributed by atoms with Gasteiger partial charge in [0.2, 0.25) is 5.91 Å². The van der Waals surface area contributed by atoms with Crippen LogP contribution in [0.2, 0.25) is 0 Å². The number of nitrogens with one attached hydrogen (secondary N) is 1. The van der Waals surface area contributed by atoms with Crippen molar-refractivity contribution in [2.24, 2.45) is 17.6 Å². The Hall–Kier alpha value is -0.570. The van der Waals surface area contributed by atoms with E-state index in [1.807, 2.05) is 0 Å². The number of rotatable bonds is 3. The fourth-order valence-corrected chi connectivity index (χ4v) is 2.74. The van der Waals surface area contributed by atoms with Crippen LogP contribution in [0.5, 0.6) is 0 Å². The van der Waals surface area contributed by atoms with E-state index >= 15 is 0 Å². The smallest absolute Gasteiger partial charge is 0.223 e. The van der Waals surface area contributed by atoms with Crippen LogP contribution in [0.4, 0.5) is 0 Å². The maximum atomic E-state index is 11.9. The molecule has 3 N–H and O–H groups in total. The summed E-state index contributed by atoms with van der Waals surface area (Å²) in [6.45, 7) is 2.95. The highest BCUT2D eigenvalue weighted by atomic mass is 16.1. The lowest BCUT2D eigenvalue weighted by Crippen LogP contribution is -2.55. The molecule has 92 valence electrons. The Balaban J connectivity index is 1.71. The van der Waals surface area contributed by atoms with Gasteiger partial charge in [0.25, 0.3) is 0 Å². The zero-order valence-electron chi connectivity index (χ0n) is 10.3. The average Bonchev–Trinajstić information content (AvgIpc) is 2.24. The Bertz CT molecular complexity index is 253. The number of carbonyl (C=O) groups is 1. The molecule has 0 unspecified atom stereocenters. The van der Waals surface area contributed by atoms with E-state index in [0.717, 1.165) is 31.6 Å². The van der Waals surface area contributed by atoms with Crippen molar-refractivity contribution in [1.29, 1.82) is 0 Å². The molecule has 0 aromatic heterocycles. The minimum Gasteiger partial charge on any atom is -0.354 e. The van der Waals surface area contributed by atoms with E-state index in [1.54, 1.807) is 0 Å². The van der Waals surface area contributed by atoms with Crippen molar-refractivity contribution in [3.8, 4) is 0 Å². The molecule has 0 spiro atoms. The van der Waals surface area contributed by atoms with E-state index in [2.05, 4.69) is 12.2 Å². The zero-order valence-corrected chi connectivity index (χ0v) is 10.3. The molecule has 0 radical (unpaired) electrons. The quantitative estimate of drug-likeness (QED) is 0.768. The molecule has 3 nitrogen and oxygen atoms in total. The second-order valence-corrected chi connectivity index (χ2v) is 5.89. The molecule has 2 fully saturated rings. The molecule has 0 atom stereocenters. The van der Waals surface area contributed by atoms with Crippen LogP contribution in [0.1, 0.15) is 51.9 Å². The molecule has 0 saturated heterocycles. The molecular formula is C13H24N2O. The maximum absolute atomic E-state index is 11.9. The van der Waals surface area contributed by atoms with Crippen molar-refractivity contribution >= 4 is 5.91 Å². The van der Waals surface area contributed by atoms with Gasteiger partial charge in [0.05, 0.1) is 0 Å². The number of hydrogen-bond donors (Lipinski definition) is 2. The summed E-state index contributed by atoms with van der Waals surface area (Å²) in [6, 6.07) is 0. The molecule has 3 heteroatoms. The second-order valence-electron chi connectivity index (χ2n) is 5.89. The van der Waals surface area contributed by atoms with Gasteiger partial charge in [-0.25, -0.2) is 0 Å². The summed E-state index contributed by atoms with van der Waals surface area (Å²) in [4.78, 5) is 11.9. The van der Waals surface area contributed by atoms with Crippen LogP contribution in [0.25, 0.3) is 0 Å². The summed E-state index contributed by atoms with van der Waals surface area (Å²) < 4.78 is 0. The summed E-state index contributed by atoms with van der Waals surface area (Å²) in [5.74, 6) is 1.29. The van der Waals surface area contributed by atoms with E-state index in [9.17, 15) is 4.79 Å². The fourth-order valence-electron chi connectivity index (χ4n) is 2.74. The molecule has 16 heavy (non-hydrogen) atoms. The highest BCUT2D eigenvalue weighted by Crippen LogP contribution is 2.30. The van der Waals surface area contributed by atoms with Crippen LogP contribution in [0.3, 0.4) is 0 Å². The van der Waals surface area contributed by atoms with Crippen LogP contribution in [0.15, 0.2) is 0 Å². The molecule has 0 heterocycles. The minimum absolute atomic E-state index is 0.0857. The van der Waals surface area contributed by atoms with Gasteiger partial charge in [-0.15, -0.1) is 0 Å². The van der Waals surface area contributed by atoms with Gasteiger partial charge in [-0.05, 0) is 50.9 Å². The third-order valence-electron chi connectivity index (χ3n) is 4.35. The SMILES string of the molecule is CC1CCC(C(=O)NCC2(N)CCC2)CC1. The van der Waals surface area contributed by atoms with Crippen LogP contribution in [-0.4, -0.2) is 18.0 Å². The first-order chi connectivity index (χ1) is 7.59. The first kappa shape index (κ1) is 11.9. The van der Waals surface area contributed by atoms with Crippen molar-refractivity contribution in [2.45, 2.75) is 57.4 Å². The van der Waals surface area contributed by atoms with Crippen molar-refractivity contribution in [1.82, 2.24) is 5.32 Å². The second kappa shape index (κ2) is 4.74. The summed E-state index contributed by atoms with van der Waals surface area (Å²) >= 11 is 0. The molecule has 0 aliphatic heterocycles. The first-order valence-electron chi connectivity index (χ1n) is 6.66. The number of carbonyl (C=O) groups excluding carboxylic acids is 1. The Morgan fingerprint density at radius 1 is 1.31 bits per heavy atom. The summed E-state index contributed by atoms with van der Waals surface area (Å²) in [5, 5.41) is 3.05. The third kappa shape index (κ3) is 2.76. The molecule has 0 aromatic rings. The van der Waals surface area contributed by atoms with Crippen LogP contribution >= 0.6 is 0 Å². The minimum atomic E-state index is -0.0857. The molecule has 2 rings (SSSR count). The third-order valence-corrected chi connectivity index (χ3v) is 4.35. The number of nitrogens with two attached hydrogens (primary N) is 1. The highest BCUT2D eigenvalue weighted by molar-refractivity contribution is 5.78. The summed E-state index contributed by atoms with van der Waals surface area (Å²) in [5.41, 5.74) is 6.00. The van der Waals surface area contributed by atoms with Crippen LogP contribution in [0, 0.1) is 11.8 Å². The Morgan fingerprint density at radius 3 is 2.44 bits per heavy atom. The molecule has 2 saturated carbocycles. The predicted octanol–water partition coefficient (Wildman–Crippen LogP) is 1.81. The van der Waals surface area contributed by atoms with Gasteiger partial charge >= 0.3 is 0 Å². The van der Waals surface area contributed by atoms with E-state index in [-0.39, 0.29) is 17.4 Å². The Morgan fingerprint density at radius 2 is 1.94 bits per heavy atom. The topological polar surface area (TPSA) is 55.1 Å². The van der Waals surface area contributed by atoms with Gasteiger partial charge in [-0.3, -0.25) is 4.79 Å². The van der Waals surface area contributed by atoms with Gasteiger partial charge in [0.1, 0.15) is 0 Å². The van der Waals surface area contributed by atoms with Crippen molar-refractivity contribution in [3.63, 3.8) is 0 Å². The molecule has 0 bridgehead atoms. The lowest BCUT2D eigenvalue weighted by atomic mass is 9.77. The van der Waals surface area contributed by atoms with Crippen LogP contribution < -0.4 is 11.1 Å². The van der Waals surface area contributed by atoms with Crippen molar-refractivity contribution in [3.05, 3.63) is 0 Å². The van der Waals surface area contributed by atoms with Gasteiger partial charge in [0.15, 0.2) is 0 Å². The average molecular weight is 224 g/mol. The number of hydrogen-bond acceptors (Lipinski definition) is 2. The Labute approximate surface area is 98.2 Å².